The molecule has 2 heterocycles. The van der Waals surface area contributed by atoms with E-state index in [1.807, 2.05) is 17.7 Å². The summed E-state index contributed by atoms with van der Waals surface area (Å²) in [6, 6.07) is 0.998. The number of hydrogen-bond donors (Lipinski definition) is 2. The number of thiophene rings is 1. The lowest BCUT2D eigenvalue weighted by atomic mass is 10.2. The van der Waals surface area contributed by atoms with E-state index >= 15 is 0 Å². The summed E-state index contributed by atoms with van der Waals surface area (Å²) in [7, 11) is 0. The van der Waals surface area contributed by atoms with Crippen LogP contribution in [0.3, 0.4) is 0 Å². The molecule has 0 spiro atoms. The Hall–Kier alpha value is -2.48. The Balaban J connectivity index is 2.25. The molecule has 0 saturated carbocycles. The van der Waals surface area contributed by atoms with Crippen LogP contribution >= 0.6 is 11.3 Å². The van der Waals surface area contributed by atoms with E-state index in [0.717, 1.165) is 23.4 Å². The fourth-order valence-corrected chi connectivity index (χ4v) is 2.46. The third-order valence-corrected chi connectivity index (χ3v) is 3.63. The van der Waals surface area contributed by atoms with Crippen molar-refractivity contribution in [1.29, 1.82) is 0 Å². The summed E-state index contributed by atoms with van der Waals surface area (Å²) in [4.78, 5) is 24.9. The maximum Gasteiger partial charge on any atom is 0.339 e. The average molecular weight is 293 g/mol. The lowest BCUT2D eigenvalue weighted by Crippen LogP contribution is -2.09. The summed E-state index contributed by atoms with van der Waals surface area (Å²) in [5.41, 5.74) is 1.57. The number of anilines is 1. The summed E-state index contributed by atoms with van der Waals surface area (Å²) in [5.74, 6) is -1.14. The highest BCUT2D eigenvalue weighted by molar-refractivity contribution is 7.08. The number of aromatic nitrogens is 1. The summed E-state index contributed by atoms with van der Waals surface area (Å²) in [6.45, 7) is 2.37. The van der Waals surface area contributed by atoms with Gasteiger partial charge in [0, 0.05) is 12.6 Å². The van der Waals surface area contributed by atoms with Crippen molar-refractivity contribution in [3.8, 4) is 0 Å². The largest absolute Gasteiger partial charge is 0.478 e. The minimum Gasteiger partial charge on any atom is -0.478 e. The Kier molecular flexibility index (Phi) is 3.94. The Morgan fingerprint density at radius 2 is 2.30 bits per heavy atom. The minimum absolute atomic E-state index is 0.119. The van der Waals surface area contributed by atoms with E-state index < -0.39 is 10.9 Å². The van der Waals surface area contributed by atoms with Crippen molar-refractivity contribution in [2.24, 2.45) is 0 Å². The Labute approximate surface area is 118 Å². The van der Waals surface area contributed by atoms with Gasteiger partial charge in [-0.25, -0.2) is 9.78 Å². The number of nitrogens with zero attached hydrogens (tertiary/aromatic N) is 2. The van der Waals surface area contributed by atoms with Crippen molar-refractivity contribution in [3.63, 3.8) is 0 Å². The number of aromatic carboxylic acids is 1. The van der Waals surface area contributed by atoms with Crippen LogP contribution in [-0.4, -0.2) is 21.0 Å². The molecule has 0 aliphatic heterocycles. The molecule has 104 valence electrons. The number of carboxylic acid groups (broad SMARTS) is 1. The van der Waals surface area contributed by atoms with Gasteiger partial charge in [0.25, 0.3) is 5.69 Å². The Bertz CT molecular complexity index is 668. The Morgan fingerprint density at radius 1 is 1.55 bits per heavy atom. The van der Waals surface area contributed by atoms with Crippen LogP contribution in [0.25, 0.3) is 0 Å². The molecule has 2 N–H and O–H groups in total. The molecule has 8 heteroatoms. The number of nitro groups is 1. The number of carboxylic acids is 1. The number of pyridine rings is 1. The molecular weight excluding hydrogens is 282 g/mol. The lowest BCUT2D eigenvalue weighted by molar-refractivity contribution is -0.385. The topological polar surface area (TPSA) is 105 Å². The van der Waals surface area contributed by atoms with E-state index in [0.29, 0.717) is 6.54 Å². The van der Waals surface area contributed by atoms with E-state index in [1.165, 1.54) is 0 Å². The van der Waals surface area contributed by atoms with Gasteiger partial charge in [0.2, 0.25) is 0 Å². The summed E-state index contributed by atoms with van der Waals surface area (Å²) in [6.07, 6.45) is 1.04. The van der Waals surface area contributed by atoms with Gasteiger partial charge in [-0.05, 0) is 28.8 Å². The molecule has 20 heavy (non-hydrogen) atoms. The van der Waals surface area contributed by atoms with Gasteiger partial charge in [-0.3, -0.25) is 10.1 Å². The second kappa shape index (κ2) is 5.66. The number of aryl methyl sites for hydroxylation is 1. The molecule has 0 saturated heterocycles. The number of hydrogen-bond acceptors (Lipinski definition) is 6. The number of carbonyl (C=O) groups is 1. The van der Waals surface area contributed by atoms with Crippen molar-refractivity contribution < 1.29 is 14.8 Å². The van der Waals surface area contributed by atoms with Gasteiger partial charge in [-0.15, -0.1) is 0 Å². The second-order valence-corrected chi connectivity index (χ2v) is 4.83. The van der Waals surface area contributed by atoms with E-state index in [-0.39, 0.29) is 17.1 Å². The van der Waals surface area contributed by atoms with Crippen molar-refractivity contribution in [3.05, 3.63) is 49.8 Å². The molecule has 0 unspecified atom stereocenters. The van der Waals surface area contributed by atoms with E-state index in [2.05, 4.69) is 10.3 Å². The quantitative estimate of drug-likeness (QED) is 0.648. The van der Waals surface area contributed by atoms with Crippen molar-refractivity contribution in [1.82, 2.24) is 4.98 Å². The van der Waals surface area contributed by atoms with Gasteiger partial charge in [0.05, 0.1) is 4.92 Å². The Morgan fingerprint density at radius 3 is 2.85 bits per heavy atom. The molecule has 0 aliphatic carbocycles. The molecule has 0 radical (unpaired) electrons. The molecule has 2 aromatic heterocycles. The fourth-order valence-electron chi connectivity index (χ4n) is 1.60. The van der Waals surface area contributed by atoms with Crippen LogP contribution < -0.4 is 5.32 Å². The van der Waals surface area contributed by atoms with Gasteiger partial charge >= 0.3 is 5.97 Å². The molecule has 0 bridgehead atoms. The highest BCUT2D eigenvalue weighted by Gasteiger charge is 2.17. The standard InChI is InChI=1S/C12H11N3O4S/c1-7-5-20-6-8(7)3-13-11-10(12(16)17)2-9(4-14-11)15(18)19/h2,4-6H,3H2,1H3,(H,13,14)(H,16,17). The highest BCUT2D eigenvalue weighted by Crippen LogP contribution is 2.21. The SMILES string of the molecule is Cc1cscc1CNc1ncc([N+](=O)[O-])cc1C(=O)O. The third-order valence-electron chi connectivity index (χ3n) is 2.72. The second-order valence-electron chi connectivity index (χ2n) is 4.09. The van der Waals surface area contributed by atoms with Crippen LogP contribution in [0.1, 0.15) is 21.5 Å². The molecule has 2 rings (SSSR count). The van der Waals surface area contributed by atoms with E-state index in [9.17, 15) is 14.9 Å². The van der Waals surface area contributed by atoms with Gasteiger partial charge in [-0.2, -0.15) is 11.3 Å². The van der Waals surface area contributed by atoms with Gasteiger partial charge < -0.3 is 10.4 Å². The van der Waals surface area contributed by atoms with Gasteiger partial charge in [0.15, 0.2) is 0 Å². The highest BCUT2D eigenvalue weighted by atomic mass is 32.1. The van der Waals surface area contributed by atoms with E-state index in [4.69, 9.17) is 5.11 Å². The fraction of sp³-hybridized carbons (Fsp3) is 0.167. The van der Waals surface area contributed by atoms with Crippen LogP contribution in [-0.2, 0) is 6.54 Å². The first-order valence-corrected chi connectivity index (χ1v) is 6.56. The first kappa shape index (κ1) is 13.9. The first-order valence-electron chi connectivity index (χ1n) is 5.62. The average Bonchev–Trinajstić information content (AvgIpc) is 2.81. The van der Waals surface area contributed by atoms with Crippen molar-refractivity contribution >= 4 is 28.8 Å². The lowest BCUT2D eigenvalue weighted by Gasteiger charge is -2.08. The number of nitrogens with one attached hydrogen (secondary N) is 1. The van der Waals surface area contributed by atoms with Gasteiger partial charge in [0.1, 0.15) is 17.6 Å². The third kappa shape index (κ3) is 2.91. The zero-order valence-electron chi connectivity index (χ0n) is 10.5. The maximum absolute atomic E-state index is 11.1. The molecule has 2 aromatic rings. The number of rotatable bonds is 5. The van der Waals surface area contributed by atoms with Crippen molar-refractivity contribution in [2.45, 2.75) is 13.5 Å². The first-order chi connectivity index (χ1) is 9.49. The zero-order valence-corrected chi connectivity index (χ0v) is 11.3. The molecule has 7 nitrogen and oxygen atoms in total. The van der Waals surface area contributed by atoms with Crippen LogP contribution in [0.15, 0.2) is 23.0 Å². The summed E-state index contributed by atoms with van der Waals surface area (Å²) >= 11 is 1.55. The van der Waals surface area contributed by atoms with Crippen LogP contribution in [0.4, 0.5) is 11.5 Å². The predicted molar refractivity (Wildman–Crippen MR) is 74.2 cm³/mol. The van der Waals surface area contributed by atoms with Crippen LogP contribution in [0.2, 0.25) is 0 Å². The van der Waals surface area contributed by atoms with Crippen LogP contribution in [0.5, 0.6) is 0 Å². The molecule has 0 atom stereocenters. The molecule has 0 aliphatic rings. The predicted octanol–water partition coefficient (Wildman–Crippen LogP) is 2.67. The van der Waals surface area contributed by atoms with Crippen LogP contribution in [0, 0.1) is 17.0 Å². The molecule has 0 fully saturated rings. The molecule has 0 aromatic carbocycles. The monoisotopic (exact) mass is 293 g/mol. The minimum atomic E-state index is -1.26. The van der Waals surface area contributed by atoms with E-state index in [1.54, 1.807) is 11.3 Å². The molecule has 0 amide bonds. The summed E-state index contributed by atoms with van der Waals surface area (Å²) in [5, 5.41) is 26.5. The summed E-state index contributed by atoms with van der Waals surface area (Å²) < 4.78 is 0. The smallest absolute Gasteiger partial charge is 0.339 e. The molecular formula is C12H11N3O4S. The van der Waals surface area contributed by atoms with Gasteiger partial charge in [-0.1, -0.05) is 0 Å². The van der Waals surface area contributed by atoms with Crippen molar-refractivity contribution in [2.75, 3.05) is 5.32 Å². The zero-order chi connectivity index (χ0) is 14.7. The normalized spacial score (nSPS) is 10.2. The maximum atomic E-state index is 11.1.